The lowest BCUT2D eigenvalue weighted by Crippen LogP contribution is -2.48. The standard InChI is InChI=1S/C25H31N5O2/c1-27(2)12-13-28-14-16-29(17-15-28)25-20(6-5-11-26-25)24-22-10-9-19(18-31)30(22)21-7-3-4-8-23(21)32-24/h3-11,24,31H,12-18H2,1-2H3. The Morgan fingerprint density at radius 2 is 1.84 bits per heavy atom. The van der Waals surface area contributed by atoms with Crippen molar-refractivity contribution in [3.05, 3.63) is 71.7 Å². The van der Waals surface area contributed by atoms with Crippen LogP contribution in [0.5, 0.6) is 5.75 Å². The van der Waals surface area contributed by atoms with Crippen LogP contribution >= 0.6 is 0 Å². The SMILES string of the molecule is CN(C)CCN1CCN(c2ncccc2C2Oc3ccccc3-n3c(CO)ccc32)CC1. The van der Waals surface area contributed by atoms with Crippen molar-refractivity contribution in [1.29, 1.82) is 0 Å². The second-order valence-corrected chi connectivity index (χ2v) is 8.76. The van der Waals surface area contributed by atoms with Crippen molar-refractivity contribution in [3.63, 3.8) is 0 Å². The molecular formula is C25H31N5O2. The molecule has 1 N–H and O–H groups in total. The number of piperazine rings is 1. The molecule has 0 bridgehead atoms. The molecule has 4 heterocycles. The number of hydrogen-bond acceptors (Lipinski definition) is 6. The minimum Gasteiger partial charge on any atom is -0.477 e. The maximum atomic E-state index is 9.94. The molecule has 0 radical (unpaired) electrons. The first-order valence-corrected chi connectivity index (χ1v) is 11.3. The minimum atomic E-state index is -0.277. The van der Waals surface area contributed by atoms with Crippen LogP contribution in [0.1, 0.15) is 23.1 Å². The zero-order valence-electron chi connectivity index (χ0n) is 18.8. The average Bonchev–Trinajstić information content (AvgIpc) is 3.27. The number of anilines is 1. The molecule has 0 aliphatic carbocycles. The summed E-state index contributed by atoms with van der Waals surface area (Å²) >= 11 is 0. The third-order valence-electron chi connectivity index (χ3n) is 6.41. The Balaban J connectivity index is 1.45. The number of aliphatic hydroxyl groups excluding tert-OH is 1. The van der Waals surface area contributed by atoms with Gasteiger partial charge >= 0.3 is 0 Å². The molecule has 0 saturated carbocycles. The fourth-order valence-corrected chi connectivity index (χ4v) is 4.67. The molecule has 7 nitrogen and oxygen atoms in total. The Morgan fingerprint density at radius 1 is 1.03 bits per heavy atom. The second kappa shape index (κ2) is 8.94. The molecule has 7 heteroatoms. The number of aromatic nitrogens is 2. The van der Waals surface area contributed by atoms with Crippen LogP contribution in [0.2, 0.25) is 0 Å². The van der Waals surface area contributed by atoms with E-state index in [0.717, 1.165) is 73.5 Å². The summed E-state index contributed by atoms with van der Waals surface area (Å²) in [6.45, 7) is 6.11. The highest BCUT2D eigenvalue weighted by atomic mass is 16.5. The molecule has 0 spiro atoms. The zero-order valence-corrected chi connectivity index (χ0v) is 18.8. The number of nitrogens with zero attached hydrogens (tertiary/aromatic N) is 5. The third-order valence-corrected chi connectivity index (χ3v) is 6.41. The molecular weight excluding hydrogens is 402 g/mol. The number of pyridine rings is 1. The molecule has 1 saturated heterocycles. The van der Waals surface area contributed by atoms with E-state index in [2.05, 4.69) is 45.5 Å². The van der Waals surface area contributed by atoms with E-state index in [9.17, 15) is 5.11 Å². The largest absolute Gasteiger partial charge is 0.477 e. The highest BCUT2D eigenvalue weighted by Gasteiger charge is 2.32. The molecule has 1 aromatic carbocycles. The first kappa shape index (κ1) is 21.0. The summed E-state index contributed by atoms with van der Waals surface area (Å²) in [5, 5.41) is 9.94. The van der Waals surface area contributed by atoms with Gasteiger partial charge in [0.1, 0.15) is 11.6 Å². The monoisotopic (exact) mass is 433 g/mol. The van der Waals surface area contributed by atoms with Crippen molar-refractivity contribution in [3.8, 4) is 11.4 Å². The van der Waals surface area contributed by atoms with Crippen molar-refractivity contribution >= 4 is 5.82 Å². The van der Waals surface area contributed by atoms with Crippen LogP contribution in [-0.2, 0) is 6.61 Å². The van der Waals surface area contributed by atoms with Crippen LogP contribution in [0.3, 0.4) is 0 Å². The Morgan fingerprint density at radius 3 is 2.62 bits per heavy atom. The third kappa shape index (κ3) is 3.88. The summed E-state index contributed by atoms with van der Waals surface area (Å²) in [7, 11) is 4.24. The summed E-state index contributed by atoms with van der Waals surface area (Å²) < 4.78 is 8.66. The molecule has 0 amide bonds. The van der Waals surface area contributed by atoms with Crippen LogP contribution in [0.4, 0.5) is 5.82 Å². The highest BCUT2D eigenvalue weighted by Crippen LogP contribution is 2.42. The van der Waals surface area contributed by atoms with E-state index in [0.29, 0.717) is 0 Å². The molecule has 32 heavy (non-hydrogen) atoms. The molecule has 5 rings (SSSR count). The zero-order chi connectivity index (χ0) is 22.1. The lowest BCUT2D eigenvalue weighted by molar-refractivity contribution is 0.218. The Bertz CT molecular complexity index is 1070. The van der Waals surface area contributed by atoms with Gasteiger partial charge in [0.05, 0.1) is 18.0 Å². The summed E-state index contributed by atoms with van der Waals surface area (Å²) in [4.78, 5) is 11.9. The van der Waals surface area contributed by atoms with E-state index >= 15 is 0 Å². The van der Waals surface area contributed by atoms with Gasteiger partial charge in [-0.1, -0.05) is 12.1 Å². The first-order valence-electron chi connectivity index (χ1n) is 11.3. The molecule has 168 valence electrons. The van der Waals surface area contributed by atoms with Crippen LogP contribution in [0, 0.1) is 0 Å². The smallest absolute Gasteiger partial charge is 0.168 e. The Kier molecular flexibility index (Phi) is 5.87. The highest BCUT2D eigenvalue weighted by molar-refractivity contribution is 5.57. The average molecular weight is 434 g/mol. The number of likely N-dealkylation sites (N-methyl/N-ethyl adjacent to an activating group) is 1. The molecule has 2 aliphatic heterocycles. The molecule has 1 atom stereocenters. The summed E-state index contributed by atoms with van der Waals surface area (Å²) in [6, 6.07) is 16.2. The van der Waals surface area contributed by atoms with Gasteiger partial charge in [0, 0.05) is 56.7 Å². The van der Waals surface area contributed by atoms with E-state index in [4.69, 9.17) is 9.72 Å². The van der Waals surface area contributed by atoms with Crippen molar-refractivity contribution < 1.29 is 9.84 Å². The number of rotatable bonds is 6. The number of fused-ring (bicyclic) bond motifs is 3. The topological polar surface area (TPSA) is 57.0 Å². The number of aliphatic hydroxyl groups is 1. The van der Waals surface area contributed by atoms with E-state index in [-0.39, 0.29) is 12.7 Å². The number of para-hydroxylation sites is 2. The lowest BCUT2D eigenvalue weighted by atomic mass is 10.0. The van der Waals surface area contributed by atoms with Gasteiger partial charge in [0.25, 0.3) is 0 Å². The lowest BCUT2D eigenvalue weighted by Gasteiger charge is -2.38. The maximum Gasteiger partial charge on any atom is 0.168 e. The molecule has 3 aromatic rings. The van der Waals surface area contributed by atoms with Crippen LogP contribution in [0.15, 0.2) is 54.7 Å². The van der Waals surface area contributed by atoms with Crippen LogP contribution in [0.25, 0.3) is 5.69 Å². The van der Waals surface area contributed by atoms with E-state index in [1.165, 1.54) is 0 Å². The fourth-order valence-electron chi connectivity index (χ4n) is 4.67. The van der Waals surface area contributed by atoms with Gasteiger partial charge < -0.3 is 24.2 Å². The molecule has 2 aromatic heterocycles. The van der Waals surface area contributed by atoms with E-state index in [1.54, 1.807) is 0 Å². The Hall–Kier alpha value is -2.87. The second-order valence-electron chi connectivity index (χ2n) is 8.76. The molecule has 1 unspecified atom stereocenters. The number of benzene rings is 1. The van der Waals surface area contributed by atoms with Crippen molar-refractivity contribution in [2.75, 3.05) is 58.3 Å². The van der Waals surface area contributed by atoms with Crippen LogP contribution in [-0.4, -0.2) is 77.8 Å². The Labute approximate surface area is 189 Å². The molecule has 1 fully saturated rings. The predicted octanol–water partition coefficient (Wildman–Crippen LogP) is 2.53. The quantitative estimate of drug-likeness (QED) is 0.645. The van der Waals surface area contributed by atoms with Gasteiger partial charge in [-0.15, -0.1) is 0 Å². The van der Waals surface area contributed by atoms with Gasteiger partial charge in [-0.2, -0.15) is 0 Å². The summed E-state index contributed by atoms with van der Waals surface area (Å²) in [6.07, 6.45) is 1.59. The normalized spacial score (nSPS) is 18.4. The van der Waals surface area contributed by atoms with Gasteiger partial charge in [-0.25, -0.2) is 4.98 Å². The van der Waals surface area contributed by atoms with E-state index < -0.39 is 0 Å². The fraction of sp³-hybridized carbons (Fsp3) is 0.400. The van der Waals surface area contributed by atoms with Crippen molar-refractivity contribution in [1.82, 2.24) is 19.4 Å². The maximum absolute atomic E-state index is 9.94. The summed E-state index contributed by atoms with van der Waals surface area (Å²) in [5.41, 5.74) is 3.91. The van der Waals surface area contributed by atoms with Crippen LogP contribution < -0.4 is 9.64 Å². The predicted molar refractivity (Wildman–Crippen MR) is 126 cm³/mol. The number of hydrogen-bond donors (Lipinski definition) is 1. The first-order chi connectivity index (χ1) is 15.7. The molecule has 2 aliphatic rings. The summed E-state index contributed by atoms with van der Waals surface area (Å²) in [5.74, 6) is 1.81. The van der Waals surface area contributed by atoms with Crippen molar-refractivity contribution in [2.45, 2.75) is 12.7 Å². The van der Waals surface area contributed by atoms with E-state index in [1.807, 2.05) is 42.6 Å². The minimum absolute atomic E-state index is 0.0180. The van der Waals surface area contributed by atoms with Gasteiger partial charge in [0.2, 0.25) is 0 Å². The van der Waals surface area contributed by atoms with Crippen molar-refractivity contribution in [2.24, 2.45) is 0 Å². The van der Waals surface area contributed by atoms with Gasteiger partial charge in [0.15, 0.2) is 6.10 Å². The van der Waals surface area contributed by atoms with Gasteiger partial charge in [-0.05, 0) is 50.5 Å². The number of ether oxygens (including phenoxy) is 1. The van der Waals surface area contributed by atoms with Gasteiger partial charge in [-0.3, -0.25) is 4.90 Å².